The highest BCUT2D eigenvalue weighted by Gasteiger charge is 2.36. The van der Waals surface area contributed by atoms with E-state index in [1.54, 1.807) is 23.5 Å². The number of nitrogens with zero attached hydrogens (tertiary/aromatic N) is 2. The van der Waals surface area contributed by atoms with Gasteiger partial charge in [-0.15, -0.1) is 0 Å². The monoisotopic (exact) mass is 550 g/mol. The third kappa shape index (κ3) is 6.57. The molecule has 2 heterocycles. The van der Waals surface area contributed by atoms with E-state index in [0.717, 1.165) is 42.1 Å². The highest BCUT2D eigenvalue weighted by atomic mass is 32.2. The van der Waals surface area contributed by atoms with Crippen LogP contribution in [0.4, 0.5) is 0 Å². The molecule has 0 bridgehead atoms. The van der Waals surface area contributed by atoms with Crippen LogP contribution < -0.4 is 14.2 Å². The number of fused-ring (bicyclic) bond motifs is 1. The lowest BCUT2D eigenvalue weighted by Gasteiger charge is -2.28. The van der Waals surface area contributed by atoms with Crippen LogP contribution in [0.5, 0.6) is 17.2 Å². The maximum Gasteiger partial charge on any atom is 0.243 e. The molecule has 2 aliphatic rings. The summed E-state index contributed by atoms with van der Waals surface area (Å²) >= 11 is 0. The zero-order valence-electron chi connectivity index (χ0n) is 22.8. The first-order valence-corrected chi connectivity index (χ1v) is 15.2. The summed E-state index contributed by atoms with van der Waals surface area (Å²) in [5.74, 6) is 2.03. The Morgan fingerprint density at radius 1 is 0.949 bits per heavy atom. The van der Waals surface area contributed by atoms with Crippen molar-refractivity contribution in [1.29, 1.82) is 0 Å². The molecule has 7 nitrogen and oxygen atoms in total. The van der Waals surface area contributed by atoms with E-state index in [9.17, 15) is 8.42 Å². The maximum absolute atomic E-state index is 13.9. The molecule has 3 aromatic carbocycles. The Morgan fingerprint density at radius 3 is 2.41 bits per heavy atom. The van der Waals surface area contributed by atoms with Crippen molar-refractivity contribution < 1.29 is 22.6 Å². The van der Waals surface area contributed by atoms with Crippen molar-refractivity contribution in [2.75, 3.05) is 40.0 Å². The van der Waals surface area contributed by atoms with Gasteiger partial charge in [0.1, 0.15) is 19.0 Å². The fraction of sp³-hybridized carbons (Fsp3) is 0.419. The number of rotatable bonds is 9. The fourth-order valence-corrected chi connectivity index (χ4v) is 6.91. The largest absolute Gasteiger partial charge is 0.493 e. The second kappa shape index (κ2) is 12.4. The minimum Gasteiger partial charge on any atom is -0.493 e. The van der Waals surface area contributed by atoms with Gasteiger partial charge in [-0.25, -0.2) is 8.42 Å². The topological polar surface area (TPSA) is 68.3 Å². The van der Waals surface area contributed by atoms with Gasteiger partial charge in [-0.3, -0.25) is 4.90 Å². The summed E-state index contributed by atoms with van der Waals surface area (Å²) < 4.78 is 47.2. The Morgan fingerprint density at radius 2 is 1.69 bits per heavy atom. The highest BCUT2D eigenvalue weighted by Crippen LogP contribution is 2.37. The van der Waals surface area contributed by atoms with Crippen molar-refractivity contribution in [3.8, 4) is 17.2 Å². The number of likely N-dealkylation sites (tertiary alicyclic amines) is 1. The summed E-state index contributed by atoms with van der Waals surface area (Å²) in [5.41, 5.74) is 2.82. The number of hydrogen-bond donors (Lipinski definition) is 0. The van der Waals surface area contributed by atoms with Gasteiger partial charge in [0, 0.05) is 18.7 Å². The molecule has 0 saturated carbocycles. The predicted octanol–water partition coefficient (Wildman–Crippen LogP) is 5.06. The van der Waals surface area contributed by atoms with Crippen LogP contribution in [0.15, 0.2) is 71.6 Å². The Bertz CT molecular complexity index is 1340. The van der Waals surface area contributed by atoms with E-state index in [2.05, 4.69) is 4.90 Å². The summed E-state index contributed by atoms with van der Waals surface area (Å²) in [6.45, 7) is 6.28. The lowest BCUT2D eigenvalue weighted by molar-refractivity contribution is 0.183. The van der Waals surface area contributed by atoms with E-state index in [1.807, 2.05) is 61.5 Å². The van der Waals surface area contributed by atoms with Gasteiger partial charge in [-0.05, 0) is 75.2 Å². The molecule has 1 saturated heterocycles. The molecule has 1 fully saturated rings. The maximum atomic E-state index is 13.9. The highest BCUT2D eigenvalue weighted by molar-refractivity contribution is 7.89. The number of para-hydroxylation sites is 1. The van der Waals surface area contributed by atoms with E-state index in [-0.39, 0.29) is 18.0 Å². The minimum absolute atomic E-state index is 0.200. The number of hydrogen-bond acceptors (Lipinski definition) is 6. The molecule has 2 aliphatic heterocycles. The van der Waals surface area contributed by atoms with E-state index in [0.29, 0.717) is 24.5 Å². The molecular weight excluding hydrogens is 512 g/mol. The van der Waals surface area contributed by atoms with Crippen LogP contribution in [0.2, 0.25) is 0 Å². The zero-order valence-corrected chi connectivity index (χ0v) is 23.7. The number of sulfonamides is 1. The van der Waals surface area contributed by atoms with Gasteiger partial charge in [-0.2, -0.15) is 4.31 Å². The smallest absolute Gasteiger partial charge is 0.243 e. The second-order valence-electron chi connectivity index (χ2n) is 10.4. The molecule has 39 heavy (non-hydrogen) atoms. The molecule has 0 unspecified atom stereocenters. The first-order chi connectivity index (χ1) is 18.9. The van der Waals surface area contributed by atoms with Gasteiger partial charge in [0.15, 0.2) is 11.5 Å². The molecule has 3 aromatic rings. The van der Waals surface area contributed by atoms with E-state index < -0.39 is 16.1 Å². The van der Waals surface area contributed by atoms with Gasteiger partial charge >= 0.3 is 0 Å². The SMILES string of the molecule is COc1cccc2c1OC[C@H](Cc1ccc(OCCN3CCCCC3)cc1)N(S(=O)(=O)c1ccc(C)cc1)C2. The van der Waals surface area contributed by atoms with E-state index >= 15 is 0 Å². The van der Waals surface area contributed by atoms with Gasteiger partial charge in [0.2, 0.25) is 10.0 Å². The number of aryl methyl sites for hydroxylation is 1. The first-order valence-electron chi connectivity index (χ1n) is 13.8. The summed E-state index contributed by atoms with van der Waals surface area (Å²) in [7, 11) is -2.19. The summed E-state index contributed by atoms with van der Waals surface area (Å²) in [5, 5.41) is 0. The van der Waals surface area contributed by atoms with Gasteiger partial charge in [-0.1, -0.05) is 48.4 Å². The van der Waals surface area contributed by atoms with Gasteiger partial charge in [0.05, 0.1) is 18.0 Å². The molecule has 1 atom stereocenters. The van der Waals surface area contributed by atoms with Crippen LogP contribution in [0, 0.1) is 6.92 Å². The number of piperidine rings is 1. The molecule has 5 rings (SSSR count). The zero-order chi connectivity index (χ0) is 27.2. The molecule has 0 radical (unpaired) electrons. The van der Waals surface area contributed by atoms with Crippen molar-refractivity contribution in [3.63, 3.8) is 0 Å². The molecule has 0 N–H and O–H groups in total. The van der Waals surface area contributed by atoms with Crippen LogP contribution in [0.25, 0.3) is 0 Å². The van der Waals surface area contributed by atoms with Crippen LogP contribution in [-0.4, -0.2) is 63.6 Å². The van der Waals surface area contributed by atoms with Crippen molar-refractivity contribution in [1.82, 2.24) is 9.21 Å². The number of ether oxygens (including phenoxy) is 3. The second-order valence-corrected chi connectivity index (χ2v) is 12.3. The Hall–Kier alpha value is -3.07. The summed E-state index contributed by atoms with van der Waals surface area (Å²) in [6, 6.07) is 20.2. The van der Waals surface area contributed by atoms with Crippen molar-refractivity contribution in [3.05, 3.63) is 83.4 Å². The number of methoxy groups -OCH3 is 1. The first kappa shape index (κ1) is 27.5. The minimum atomic E-state index is -3.78. The third-order valence-corrected chi connectivity index (χ3v) is 9.49. The quantitative estimate of drug-likeness (QED) is 0.371. The number of benzene rings is 3. The fourth-order valence-electron chi connectivity index (χ4n) is 5.33. The van der Waals surface area contributed by atoms with E-state index in [1.165, 1.54) is 19.3 Å². The lowest BCUT2D eigenvalue weighted by atomic mass is 10.1. The van der Waals surface area contributed by atoms with Crippen molar-refractivity contribution in [2.24, 2.45) is 0 Å². The summed E-state index contributed by atoms with van der Waals surface area (Å²) in [6.07, 6.45) is 4.38. The van der Waals surface area contributed by atoms with Crippen LogP contribution in [0.1, 0.15) is 36.0 Å². The van der Waals surface area contributed by atoms with Crippen LogP contribution >= 0.6 is 0 Å². The lowest BCUT2D eigenvalue weighted by Crippen LogP contribution is -2.43. The predicted molar refractivity (Wildman–Crippen MR) is 152 cm³/mol. The molecule has 0 aliphatic carbocycles. The Labute approximate surface area is 232 Å². The van der Waals surface area contributed by atoms with Crippen molar-refractivity contribution >= 4 is 10.0 Å². The molecule has 0 amide bonds. The van der Waals surface area contributed by atoms with Crippen molar-refractivity contribution in [2.45, 2.75) is 50.1 Å². The van der Waals surface area contributed by atoms with E-state index in [4.69, 9.17) is 14.2 Å². The Balaban J connectivity index is 1.34. The van der Waals surface area contributed by atoms with Gasteiger partial charge in [0.25, 0.3) is 0 Å². The molecular formula is C31H38N2O5S. The molecule has 8 heteroatoms. The van der Waals surface area contributed by atoms with Crippen LogP contribution in [-0.2, 0) is 23.0 Å². The molecule has 0 spiro atoms. The standard InChI is InChI=1S/C31H38N2O5S/c1-24-9-15-29(16-10-24)39(34,35)33-22-26-7-6-8-30(36-2)31(26)38-23-27(33)21-25-11-13-28(14-12-25)37-20-19-32-17-4-3-5-18-32/h6-16,27H,3-5,17-23H2,1-2H3/t27-/m0/s1. The average Bonchev–Trinajstić information content (AvgIpc) is 3.15. The normalized spacial score (nSPS) is 18.6. The Kier molecular flexibility index (Phi) is 8.75. The third-order valence-electron chi connectivity index (χ3n) is 7.58. The van der Waals surface area contributed by atoms with Gasteiger partial charge < -0.3 is 14.2 Å². The molecule has 0 aromatic heterocycles. The molecule has 208 valence electrons. The summed E-state index contributed by atoms with van der Waals surface area (Å²) in [4.78, 5) is 2.74. The average molecular weight is 551 g/mol. The van der Waals surface area contributed by atoms with Crippen LogP contribution in [0.3, 0.4) is 0 Å².